The van der Waals surface area contributed by atoms with Crippen LogP contribution in [0.3, 0.4) is 0 Å². The number of nitrogens with zero attached hydrogens (tertiary/aromatic N) is 4. The first kappa shape index (κ1) is 17.0. The highest BCUT2D eigenvalue weighted by molar-refractivity contribution is 5.68. The Kier molecular flexibility index (Phi) is 4.93. The average Bonchev–Trinajstić information content (AvgIpc) is 3.22. The highest BCUT2D eigenvalue weighted by atomic mass is 15.2. The van der Waals surface area contributed by atoms with Crippen LogP contribution >= 0.6 is 0 Å². The minimum absolute atomic E-state index is 0.406. The summed E-state index contributed by atoms with van der Waals surface area (Å²) >= 11 is 0. The number of para-hydroxylation sites is 1. The number of hydrogen-bond donors (Lipinski definition) is 2. The second-order valence-electron chi connectivity index (χ2n) is 6.59. The minimum atomic E-state index is 0.406. The van der Waals surface area contributed by atoms with E-state index >= 15 is 0 Å². The second kappa shape index (κ2) is 7.83. The van der Waals surface area contributed by atoms with Crippen LogP contribution in [0.1, 0.15) is 31.2 Å². The van der Waals surface area contributed by atoms with Gasteiger partial charge in [-0.1, -0.05) is 31.0 Å². The maximum atomic E-state index is 9.33. The minimum Gasteiger partial charge on any atom is -0.351 e. The van der Waals surface area contributed by atoms with Crippen molar-refractivity contribution >= 4 is 17.5 Å². The molecule has 6 heteroatoms. The SMILES string of the molecule is N#Cc1ccccc1Nc1cc(-c2ccccn2)nc(NC2CCCC2)n1. The molecule has 1 fully saturated rings. The molecule has 2 aromatic heterocycles. The van der Waals surface area contributed by atoms with Gasteiger partial charge in [-0.3, -0.25) is 4.98 Å². The molecule has 6 nitrogen and oxygen atoms in total. The summed E-state index contributed by atoms with van der Waals surface area (Å²) in [7, 11) is 0. The van der Waals surface area contributed by atoms with E-state index in [0.29, 0.717) is 23.4 Å². The third-order valence-corrected chi connectivity index (χ3v) is 4.65. The summed E-state index contributed by atoms with van der Waals surface area (Å²) in [6.07, 6.45) is 6.49. The number of hydrogen-bond acceptors (Lipinski definition) is 6. The lowest BCUT2D eigenvalue weighted by Gasteiger charge is -2.15. The Morgan fingerprint density at radius 1 is 0.963 bits per heavy atom. The molecule has 2 heterocycles. The zero-order valence-electron chi connectivity index (χ0n) is 14.9. The molecule has 134 valence electrons. The summed E-state index contributed by atoms with van der Waals surface area (Å²) in [5, 5.41) is 16.0. The van der Waals surface area contributed by atoms with Crippen molar-refractivity contribution in [3.05, 3.63) is 60.3 Å². The fourth-order valence-corrected chi connectivity index (χ4v) is 3.30. The van der Waals surface area contributed by atoms with Crippen LogP contribution in [-0.4, -0.2) is 21.0 Å². The smallest absolute Gasteiger partial charge is 0.225 e. The van der Waals surface area contributed by atoms with Crippen LogP contribution in [-0.2, 0) is 0 Å². The van der Waals surface area contributed by atoms with Crippen LogP contribution in [0.2, 0.25) is 0 Å². The first-order chi connectivity index (χ1) is 13.3. The molecule has 0 radical (unpaired) electrons. The third-order valence-electron chi connectivity index (χ3n) is 4.65. The Balaban J connectivity index is 1.70. The lowest BCUT2D eigenvalue weighted by atomic mass is 10.2. The van der Waals surface area contributed by atoms with E-state index in [1.54, 1.807) is 12.3 Å². The number of nitrogens with one attached hydrogen (secondary N) is 2. The quantitative estimate of drug-likeness (QED) is 0.699. The molecule has 3 aromatic rings. The lowest BCUT2D eigenvalue weighted by Crippen LogP contribution is -2.17. The van der Waals surface area contributed by atoms with Crippen LogP contribution in [0, 0.1) is 11.3 Å². The van der Waals surface area contributed by atoms with Crippen LogP contribution in [0.5, 0.6) is 0 Å². The highest BCUT2D eigenvalue weighted by Crippen LogP contribution is 2.26. The molecule has 4 rings (SSSR count). The number of rotatable bonds is 5. The van der Waals surface area contributed by atoms with E-state index in [4.69, 9.17) is 0 Å². The first-order valence-electron chi connectivity index (χ1n) is 9.15. The average molecular weight is 356 g/mol. The first-order valence-corrected chi connectivity index (χ1v) is 9.15. The van der Waals surface area contributed by atoms with E-state index in [-0.39, 0.29) is 0 Å². The van der Waals surface area contributed by atoms with Crippen LogP contribution in [0.4, 0.5) is 17.5 Å². The number of nitriles is 1. The van der Waals surface area contributed by atoms with Crippen LogP contribution in [0.15, 0.2) is 54.7 Å². The fraction of sp³-hybridized carbons (Fsp3) is 0.238. The number of aromatic nitrogens is 3. The van der Waals surface area contributed by atoms with Crippen molar-refractivity contribution in [1.82, 2.24) is 15.0 Å². The van der Waals surface area contributed by atoms with Gasteiger partial charge in [0.1, 0.15) is 11.9 Å². The van der Waals surface area contributed by atoms with Crippen molar-refractivity contribution in [2.75, 3.05) is 10.6 Å². The van der Waals surface area contributed by atoms with Crippen molar-refractivity contribution in [2.24, 2.45) is 0 Å². The van der Waals surface area contributed by atoms with Gasteiger partial charge in [0.2, 0.25) is 5.95 Å². The summed E-state index contributed by atoms with van der Waals surface area (Å²) < 4.78 is 0. The predicted octanol–water partition coefficient (Wildman–Crippen LogP) is 4.51. The molecule has 0 spiro atoms. The molecule has 0 bridgehead atoms. The van der Waals surface area contributed by atoms with Gasteiger partial charge in [-0.05, 0) is 37.1 Å². The van der Waals surface area contributed by atoms with Crippen molar-refractivity contribution in [2.45, 2.75) is 31.7 Å². The number of anilines is 3. The van der Waals surface area contributed by atoms with E-state index in [1.165, 1.54) is 12.8 Å². The Labute approximate surface area is 158 Å². The topological polar surface area (TPSA) is 86.5 Å². The lowest BCUT2D eigenvalue weighted by molar-refractivity contribution is 0.744. The molecule has 2 N–H and O–H groups in total. The van der Waals surface area contributed by atoms with Gasteiger partial charge in [-0.15, -0.1) is 0 Å². The summed E-state index contributed by atoms with van der Waals surface area (Å²) in [5.74, 6) is 1.22. The fourth-order valence-electron chi connectivity index (χ4n) is 3.30. The van der Waals surface area contributed by atoms with Gasteiger partial charge in [-0.25, -0.2) is 4.98 Å². The summed E-state index contributed by atoms with van der Waals surface area (Å²) in [5.41, 5.74) is 2.81. The van der Waals surface area contributed by atoms with Crippen molar-refractivity contribution in [1.29, 1.82) is 5.26 Å². The van der Waals surface area contributed by atoms with Crippen LogP contribution < -0.4 is 10.6 Å². The van der Waals surface area contributed by atoms with Gasteiger partial charge >= 0.3 is 0 Å². The van der Waals surface area contributed by atoms with E-state index in [1.807, 2.05) is 42.5 Å². The van der Waals surface area contributed by atoms with Crippen molar-refractivity contribution < 1.29 is 0 Å². The summed E-state index contributed by atoms with van der Waals surface area (Å²) in [6.45, 7) is 0. The molecule has 1 aliphatic rings. The zero-order valence-corrected chi connectivity index (χ0v) is 14.9. The van der Waals surface area contributed by atoms with Gasteiger partial charge < -0.3 is 10.6 Å². The molecular formula is C21H20N6. The highest BCUT2D eigenvalue weighted by Gasteiger charge is 2.17. The predicted molar refractivity (Wildman–Crippen MR) is 106 cm³/mol. The van der Waals surface area contributed by atoms with E-state index in [9.17, 15) is 5.26 Å². The van der Waals surface area contributed by atoms with Gasteiger partial charge in [0.15, 0.2) is 0 Å². The molecule has 0 aliphatic heterocycles. The van der Waals surface area contributed by atoms with Gasteiger partial charge in [0.05, 0.1) is 22.6 Å². The number of pyridine rings is 1. The van der Waals surface area contributed by atoms with Crippen molar-refractivity contribution in [3.8, 4) is 17.5 Å². The maximum absolute atomic E-state index is 9.33. The van der Waals surface area contributed by atoms with Gasteiger partial charge in [0, 0.05) is 18.3 Å². The molecule has 0 saturated heterocycles. The molecular weight excluding hydrogens is 336 g/mol. The molecule has 0 atom stereocenters. The summed E-state index contributed by atoms with van der Waals surface area (Å²) in [6, 6.07) is 17.6. The Bertz CT molecular complexity index is 958. The van der Waals surface area contributed by atoms with E-state index in [0.717, 1.165) is 29.9 Å². The molecule has 1 saturated carbocycles. The number of benzene rings is 1. The maximum Gasteiger partial charge on any atom is 0.225 e. The molecule has 0 unspecified atom stereocenters. The molecule has 0 amide bonds. The summed E-state index contributed by atoms with van der Waals surface area (Å²) in [4.78, 5) is 13.7. The Hall–Kier alpha value is -3.46. The largest absolute Gasteiger partial charge is 0.351 e. The van der Waals surface area contributed by atoms with E-state index < -0.39 is 0 Å². The normalized spacial score (nSPS) is 13.9. The van der Waals surface area contributed by atoms with Gasteiger partial charge in [-0.2, -0.15) is 10.2 Å². The standard InChI is InChI=1S/C21H20N6/c22-14-15-7-1-4-10-17(15)25-20-13-19(18-11-5-6-12-23-18)26-21(27-20)24-16-8-2-3-9-16/h1,4-7,10-13,16H,2-3,8-9H2,(H2,24,25,26,27). The molecule has 1 aromatic carbocycles. The van der Waals surface area contributed by atoms with Crippen molar-refractivity contribution in [3.63, 3.8) is 0 Å². The van der Waals surface area contributed by atoms with Crippen LogP contribution in [0.25, 0.3) is 11.4 Å². The monoisotopic (exact) mass is 356 g/mol. The Morgan fingerprint density at radius 2 is 1.78 bits per heavy atom. The second-order valence-corrected chi connectivity index (χ2v) is 6.59. The van der Waals surface area contributed by atoms with Gasteiger partial charge in [0.25, 0.3) is 0 Å². The third kappa shape index (κ3) is 4.04. The van der Waals surface area contributed by atoms with E-state index in [2.05, 4.69) is 31.7 Å². The molecule has 1 aliphatic carbocycles. The Morgan fingerprint density at radius 3 is 2.56 bits per heavy atom. The zero-order chi connectivity index (χ0) is 18.5. The molecule has 27 heavy (non-hydrogen) atoms.